The molecule has 1 aromatic carbocycles. The first-order valence-corrected chi connectivity index (χ1v) is 9.06. The van der Waals surface area contributed by atoms with E-state index in [-0.39, 0.29) is 26.4 Å². The lowest BCUT2D eigenvalue weighted by Gasteiger charge is -2.08. The molecule has 8 heteroatoms. The molecular weight excluding hydrogens is 337 g/mol. The molecule has 1 aromatic rings. The van der Waals surface area contributed by atoms with Gasteiger partial charge in [-0.1, -0.05) is 55.8 Å². The highest BCUT2D eigenvalue weighted by Gasteiger charge is 2.24. The van der Waals surface area contributed by atoms with E-state index in [4.69, 9.17) is 23.2 Å². The minimum absolute atomic E-state index is 0.0615. The summed E-state index contributed by atoms with van der Waals surface area (Å²) in [4.78, 5) is 9.79. The molecule has 0 atom stereocenters. The Morgan fingerprint density at radius 2 is 1.62 bits per heavy atom. The molecule has 21 heavy (non-hydrogen) atoms. The number of nitro benzene ring substituents is 1. The number of benzene rings is 1. The summed E-state index contributed by atoms with van der Waals surface area (Å²) in [7, 11) is -3.64. The highest BCUT2D eigenvalue weighted by molar-refractivity contribution is 7.91. The lowest BCUT2D eigenvalue weighted by molar-refractivity contribution is -0.384. The summed E-state index contributed by atoms with van der Waals surface area (Å²) in [5, 5.41) is 10.3. The number of nitrogens with zero attached hydrogens (tertiary/aromatic N) is 1. The average Bonchev–Trinajstić information content (AvgIpc) is 2.37. The van der Waals surface area contributed by atoms with Crippen LogP contribution in [0, 0.1) is 10.1 Å². The van der Waals surface area contributed by atoms with E-state index >= 15 is 0 Å². The van der Waals surface area contributed by atoms with Crippen molar-refractivity contribution in [2.45, 2.75) is 43.9 Å². The zero-order valence-electron chi connectivity index (χ0n) is 11.6. The molecule has 0 unspecified atom stereocenters. The highest BCUT2D eigenvalue weighted by atomic mass is 35.5. The predicted molar refractivity (Wildman–Crippen MR) is 83.9 cm³/mol. The summed E-state index contributed by atoms with van der Waals surface area (Å²) in [6.45, 7) is 2.08. The minimum Gasteiger partial charge on any atom is -0.258 e. The first-order valence-electron chi connectivity index (χ1n) is 6.65. The molecule has 0 fully saturated rings. The Bertz CT molecular complexity index is 594. The number of non-ortho nitro benzene ring substituents is 1. The third kappa shape index (κ3) is 5.13. The molecule has 0 spiro atoms. The van der Waals surface area contributed by atoms with Gasteiger partial charge in [-0.3, -0.25) is 10.1 Å². The largest absolute Gasteiger partial charge is 0.272 e. The van der Waals surface area contributed by atoms with Crippen LogP contribution in [0.15, 0.2) is 17.0 Å². The fraction of sp³-hybridized carbons (Fsp3) is 0.538. The molecule has 0 aliphatic carbocycles. The SMILES string of the molecule is CCCCCCCS(=O)(=O)c1c(Cl)cc([N+](=O)[O-])cc1Cl. The molecule has 0 aliphatic rings. The zero-order valence-corrected chi connectivity index (χ0v) is 14.0. The number of hydrogen-bond acceptors (Lipinski definition) is 4. The van der Waals surface area contributed by atoms with E-state index in [0.717, 1.165) is 37.8 Å². The van der Waals surface area contributed by atoms with Crippen LogP contribution in [-0.2, 0) is 9.84 Å². The maximum absolute atomic E-state index is 12.2. The fourth-order valence-corrected chi connectivity index (χ4v) is 4.63. The number of unbranched alkanes of at least 4 members (excludes halogenated alkanes) is 4. The van der Waals surface area contributed by atoms with Gasteiger partial charge in [-0.2, -0.15) is 0 Å². The summed E-state index contributed by atoms with van der Waals surface area (Å²) in [5.41, 5.74) is -0.327. The van der Waals surface area contributed by atoms with Gasteiger partial charge in [0.1, 0.15) is 4.90 Å². The molecule has 0 saturated heterocycles. The molecule has 0 bridgehead atoms. The van der Waals surface area contributed by atoms with Crippen LogP contribution in [0.5, 0.6) is 0 Å². The van der Waals surface area contributed by atoms with Crippen LogP contribution in [-0.4, -0.2) is 19.1 Å². The Labute approximate surface area is 134 Å². The highest BCUT2D eigenvalue weighted by Crippen LogP contribution is 2.34. The Kier molecular flexibility index (Phi) is 6.90. The van der Waals surface area contributed by atoms with Gasteiger partial charge in [0, 0.05) is 12.1 Å². The molecule has 0 amide bonds. The fourth-order valence-electron chi connectivity index (χ4n) is 1.95. The van der Waals surface area contributed by atoms with Crippen molar-refractivity contribution in [1.29, 1.82) is 0 Å². The monoisotopic (exact) mass is 353 g/mol. The van der Waals surface area contributed by atoms with Gasteiger partial charge in [0.05, 0.1) is 20.7 Å². The molecule has 5 nitrogen and oxygen atoms in total. The number of halogens is 2. The second-order valence-corrected chi connectivity index (χ2v) is 7.59. The first kappa shape index (κ1) is 18.2. The first-order chi connectivity index (χ1) is 9.79. The van der Waals surface area contributed by atoms with Crippen molar-refractivity contribution in [3.05, 3.63) is 32.3 Å². The van der Waals surface area contributed by atoms with Gasteiger partial charge in [0.15, 0.2) is 9.84 Å². The topological polar surface area (TPSA) is 77.3 Å². The molecule has 0 radical (unpaired) electrons. The van der Waals surface area contributed by atoms with E-state index in [1.807, 2.05) is 0 Å². The van der Waals surface area contributed by atoms with Gasteiger partial charge in [-0.05, 0) is 6.42 Å². The molecule has 0 saturated carbocycles. The van der Waals surface area contributed by atoms with Crippen molar-refractivity contribution in [2.75, 3.05) is 5.75 Å². The maximum atomic E-state index is 12.2. The molecular formula is C13H17Cl2NO4S. The summed E-state index contributed by atoms with van der Waals surface area (Å²) < 4.78 is 24.5. The van der Waals surface area contributed by atoms with Crippen LogP contribution in [0.3, 0.4) is 0 Å². The number of rotatable bonds is 8. The number of nitro groups is 1. The average molecular weight is 354 g/mol. The molecule has 0 aliphatic heterocycles. The van der Waals surface area contributed by atoms with Gasteiger partial charge in [0.25, 0.3) is 5.69 Å². The van der Waals surface area contributed by atoms with Gasteiger partial charge in [0.2, 0.25) is 0 Å². The summed E-state index contributed by atoms with van der Waals surface area (Å²) in [6.07, 6.45) is 4.46. The normalized spacial score (nSPS) is 11.6. The van der Waals surface area contributed by atoms with Crippen molar-refractivity contribution >= 4 is 38.7 Å². The number of hydrogen-bond donors (Lipinski definition) is 0. The second-order valence-electron chi connectivity index (χ2n) is 4.73. The van der Waals surface area contributed by atoms with E-state index in [9.17, 15) is 18.5 Å². The Balaban J connectivity index is 2.91. The standard InChI is InChI=1S/C13H17Cl2NO4S/c1-2-3-4-5-6-7-21(19,20)13-11(14)8-10(16(17)18)9-12(13)15/h8-9H,2-7H2,1H3. The van der Waals surface area contributed by atoms with Crippen LogP contribution < -0.4 is 0 Å². The molecule has 1 rings (SSSR count). The lowest BCUT2D eigenvalue weighted by atomic mass is 10.2. The van der Waals surface area contributed by atoms with Crippen LogP contribution in [0.2, 0.25) is 10.0 Å². The van der Waals surface area contributed by atoms with E-state index in [1.165, 1.54) is 0 Å². The van der Waals surface area contributed by atoms with Gasteiger partial charge >= 0.3 is 0 Å². The molecule has 0 N–H and O–H groups in total. The summed E-state index contributed by atoms with van der Waals surface area (Å²) >= 11 is 11.7. The zero-order chi connectivity index (χ0) is 16.0. The Morgan fingerprint density at radius 1 is 1.10 bits per heavy atom. The van der Waals surface area contributed by atoms with Gasteiger partial charge < -0.3 is 0 Å². The Morgan fingerprint density at radius 3 is 2.10 bits per heavy atom. The summed E-state index contributed by atoms with van der Waals surface area (Å²) in [6, 6.07) is 2.02. The molecule has 118 valence electrons. The van der Waals surface area contributed by atoms with Crippen molar-refractivity contribution in [3.8, 4) is 0 Å². The van der Waals surface area contributed by atoms with Gasteiger partial charge in [-0.15, -0.1) is 0 Å². The van der Waals surface area contributed by atoms with Crippen LogP contribution in [0.4, 0.5) is 5.69 Å². The van der Waals surface area contributed by atoms with E-state index < -0.39 is 14.8 Å². The molecule has 0 aromatic heterocycles. The maximum Gasteiger partial charge on any atom is 0.272 e. The third-order valence-electron chi connectivity index (χ3n) is 3.02. The minimum atomic E-state index is -3.64. The predicted octanol–water partition coefficient (Wildman–Crippen LogP) is 4.65. The van der Waals surface area contributed by atoms with Crippen LogP contribution in [0.25, 0.3) is 0 Å². The number of sulfone groups is 1. The third-order valence-corrected chi connectivity index (χ3v) is 5.73. The second kappa shape index (κ2) is 7.96. The van der Waals surface area contributed by atoms with E-state index in [2.05, 4.69) is 6.92 Å². The summed E-state index contributed by atoms with van der Waals surface area (Å²) in [5.74, 6) is -0.0615. The quantitative estimate of drug-likeness (QED) is 0.387. The van der Waals surface area contributed by atoms with E-state index in [1.54, 1.807) is 0 Å². The molecule has 0 heterocycles. The van der Waals surface area contributed by atoms with Crippen molar-refractivity contribution in [3.63, 3.8) is 0 Å². The van der Waals surface area contributed by atoms with Crippen molar-refractivity contribution < 1.29 is 13.3 Å². The smallest absolute Gasteiger partial charge is 0.258 e. The van der Waals surface area contributed by atoms with E-state index in [0.29, 0.717) is 6.42 Å². The van der Waals surface area contributed by atoms with Crippen LogP contribution >= 0.6 is 23.2 Å². The van der Waals surface area contributed by atoms with Crippen molar-refractivity contribution in [2.24, 2.45) is 0 Å². The van der Waals surface area contributed by atoms with Gasteiger partial charge in [-0.25, -0.2) is 8.42 Å². The van der Waals surface area contributed by atoms with Crippen molar-refractivity contribution in [1.82, 2.24) is 0 Å². The van der Waals surface area contributed by atoms with Crippen LogP contribution in [0.1, 0.15) is 39.0 Å². The lowest BCUT2D eigenvalue weighted by Crippen LogP contribution is -2.09. The Hall–Kier alpha value is -0.850.